The van der Waals surface area contributed by atoms with Gasteiger partial charge >= 0.3 is 0 Å². The van der Waals surface area contributed by atoms with Crippen molar-refractivity contribution in [3.8, 4) is 0 Å². The Morgan fingerprint density at radius 2 is 1.19 bits per heavy atom. The van der Waals surface area contributed by atoms with Gasteiger partial charge in [0.05, 0.1) is 0 Å². The normalized spacial score (nSPS) is 17.4. The Morgan fingerprint density at radius 1 is 0.815 bits per heavy atom. The molecule has 2 aromatic rings. The van der Waals surface area contributed by atoms with Crippen LogP contribution in [0.2, 0.25) is 0 Å². The molecule has 0 radical (unpaired) electrons. The fourth-order valence-electron chi connectivity index (χ4n) is 3.95. The Morgan fingerprint density at radius 3 is 1.48 bits per heavy atom. The minimum atomic E-state index is -0.315. The molecule has 0 N–H and O–H groups in total. The lowest BCUT2D eigenvalue weighted by Crippen LogP contribution is -2.01. The van der Waals surface area contributed by atoms with E-state index in [1.54, 1.807) is 31.2 Å². The first-order chi connectivity index (χ1) is 12.6. The van der Waals surface area contributed by atoms with Gasteiger partial charge in [0.1, 0.15) is 11.6 Å². The van der Waals surface area contributed by atoms with E-state index in [1.165, 1.54) is 36.0 Å². The van der Waals surface area contributed by atoms with E-state index in [9.17, 15) is 13.6 Å². The average Bonchev–Trinajstić information content (AvgIpc) is 2.99. The number of carbonyl (C=O) groups excluding carboxylic acids is 1. The lowest BCUT2D eigenvalue weighted by molar-refractivity contribution is -0.109. The van der Waals surface area contributed by atoms with Gasteiger partial charge in [-0.3, -0.25) is 4.79 Å². The standard InChI is InChI=1S/C23H24F2OS/c1-14(26)27-20(21-22(2,3)23(21,4)5)19(15-6-10-17(24)11-7-15)16-8-12-18(25)13-9-16/h6-13,21H,1-5H3. The summed E-state index contributed by atoms with van der Waals surface area (Å²) in [5, 5.41) is 0.00484. The zero-order chi connectivity index (χ0) is 20.0. The number of hydrogen-bond acceptors (Lipinski definition) is 2. The monoisotopic (exact) mass is 386 g/mol. The predicted molar refractivity (Wildman–Crippen MR) is 108 cm³/mol. The molecule has 1 nitrogen and oxygen atoms in total. The highest BCUT2D eigenvalue weighted by Crippen LogP contribution is 2.73. The third-order valence-corrected chi connectivity index (χ3v) is 7.00. The second-order valence-electron chi connectivity index (χ2n) is 8.22. The van der Waals surface area contributed by atoms with E-state index < -0.39 is 0 Å². The van der Waals surface area contributed by atoms with Crippen molar-refractivity contribution >= 4 is 22.5 Å². The molecule has 1 saturated carbocycles. The van der Waals surface area contributed by atoms with E-state index in [1.807, 2.05) is 0 Å². The number of allylic oxidation sites excluding steroid dienone is 1. The minimum absolute atomic E-state index is 0.00484. The maximum absolute atomic E-state index is 13.5. The van der Waals surface area contributed by atoms with Crippen molar-refractivity contribution in [3.63, 3.8) is 0 Å². The molecular formula is C23H24F2OS. The number of rotatable bonds is 4. The number of benzene rings is 2. The molecule has 1 aliphatic rings. The van der Waals surface area contributed by atoms with Gasteiger partial charge in [0.2, 0.25) is 0 Å². The first kappa shape index (κ1) is 19.8. The quantitative estimate of drug-likeness (QED) is 0.582. The summed E-state index contributed by atoms with van der Waals surface area (Å²) in [6, 6.07) is 12.5. The molecular weight excluding hydrogens is 362 g/mol. The molecule has 0 heterocycles. The van der Waals surface area contributed by atoms with Crippen molar-refractivity contribution in [2.45, 2.75) is 34.6 Å². The molecule has 1 fully saturated rings. The van der Waals surface area contributed by atoms with E-state index in [4.69, 9.17) is 0 Å². The second kappa shape index (κ2) is 6.90. The fourth-order valence-corrected chi connectivity index (χ4v) is 5.30. The van der Waals surface area contributed by atoms with Crippen LogP contribution in [0.25, 0.3) is 5.57 Å². The number of thioether (sulfide) groups is 1. The molecule has 0 amide bonds. The number of carbonyl (C=O) groups is 1. The molecule has 0 bridgehead atoms. The molecule has 2 aromatic carbocycles. The van der Waals surface area contributed by atoms with Crippen LogP contribution in [0.5, 0.6) is 0 Å². The SMILES string of the molecule is CC(=O)SC(=C(c1ccc(F)cc1)c1ccc(F)cc1)C1C(C)(C)C1(C)C. The highest BCUT2D eigenvalue weighted by molar-refractivity contribution is 8.17. The summed E-state index contributed by atoms with van der Waals surface area (Å²) < 4.78 is 27.0. The Hall–Kier alpha value is -1.94. The van der Waals surface area contributed by atoms with E-state index in [0.29, 0.717) is 0 Å². The van der Waals surface area contributed by atoms with Crippen molar-refractivity contribution in [1.82, 2.24) is 0 Å². The van der Waals surface area contributed by atoms with Crippen LogP contribution < -0.4 is 0 Å². The van der Waals surface area contributed by atoms with Gasteiger partial charge in [0, 0.05) is 17.7 Å². The van der Waals surface area contributed by atoms with E-state index in [2.05, 4.69) is 27.7 Å². The van der Waals surface area contributed by atoms with Crippen molar-refractivity contribution < 1.29 is 13.6 Å². The molecule has 0 aliphatic heterocycles. The van der Waals surface area contributed by atoms with Gasteiger partial charge < -0.3 is 0 Å². The minimum Gasteiger partial charge on any atom is -0.287 e. The van der Waals surface area contributed by atoms with Crippen LogP contribution in [0.1, 0.15) is 45.7 Å². The summed E-state index contributed by atoms with van der Waals surface area (Å²) >= 11 is 1.23. The van der Waals surface area contributed by atoms with E-state index >= 15 is 0 Å². The molecule has 3 rings (SSSR count). The van der Waals surface area contributed by atoms with Gasteiger partial charge in [-0.2, -0.15) is 0 Å². The van der Waals surface area contributed by atoms with Gasteiger partial charge in [0.25, 0.3) is 0 Å². The van der Waals surface area contributed by atoms with Crippen molar-refractivity contribution in [1.29, 1.82) is 0 Å². The highest BCUT2D eigenvalue weighted by atomic mass is 32.2. The van der Waals surface area contributed by atoms with Crippen LogP contribution in [0.15, 0.2) is 53.4 Å². The summed E-state index contributed by atoms with van der Waals surface area (Å²) in [6.45, 7) is 10.4. The summed E-state index contributed by atoms with van der Waals surface area (Å²) in [6.07, 6.45) is 0. The van der Waals surface area contributed by atoms with Crippen LogP contribution >= 0.6 is 11.8 Å². The maximum atomic E-state index is 13.5. The molecule has 0 atom stereocenters. The number of halogens is 2. The van der Waals surface area contributed by atoms with E-state index in [-0.39, 0.29) is 33.5 Å². The lowest BCUT2D eigenvalue weighted by Gasteiger charge is -2.17. The van der Waals surface area contributed by atoms with Gasteiger partial charge in [-0.25, -0.2) is 8.78 Å². The van der Waals surface area contributed by atoms with Crippen LogP contribution in [-0.4, -0.2) is 5.12 Å². The Balaban J connectivity index is 2.28. The summed E-state index contributed by atoms with van der Waals surface area (Å²) in [4.78, 5) is 13.1. The maximum Gasteiger partial charge on any atom is 0.190 e. The second-order valence-corrected chi connectivity index (χ2v) is 9.44. The summed E-state index contributed by atoms with van der Waals surface area (Å²) in [5.74, 6) is -0.445. The van der Waals surface area contributed by atoms with Crippen LogP contribution in [0.4, 0.5) is 8.78 Å². The van der Waals surface area contributed by atoms with Gasteiger partial charge in [-0.15, -0.1) is 0 Å². The van der Waals surface area contributed by atoms with E-state index in [0.717, 1.165) is 21.6 Å². The first-order valence-corrected chi connectivity index (χ1v) is 9.82. The first-order valence-electron chi connectivity index (χ1n) is 9.00. The largest absolute Gasteiger partial charge is 0.287 e. The summed E-state index contributed by atoms with van der Waals surface area (Å²) in [7, 11) is 0. The lowest BCUT2D eigenvalue weighted by atomic mass is 9.94. The molecule has 0 spiro atoms. The highest BCUT2D eigenvalue weighted by Gasteiger charge is 2.66. The smallest absolute Gasteiger partial charge is 0.190 e. The molecule has 27 heavy (non-hydrogen) atoms. The fraction of sp³-hybridized carbons (Fsp3) is 0.348. The van der Waals surface area contributed by atoms with Gasteiger partial charge in [-0.1, -0.05) is 63.7 Å². The average molecular weight is 387 g/mol. The molecule has 0 aromatic heterocycles. The zero-order valence-corrected chi connectivity index (χ0v) is 17.1. The van der Waals surface area contributed by atoms with Crippen molar-refractivity contribution in [3.05, 3.63) is 76.2 Å². The van der Waals surface area contributed by atoms with Crippen molar-refractivity contribution in [2.24, 2.45) is 16.7 Å². The number of hydrogen-bond donors (Lipinski definition) is 0. The van der Waals surface area contributed by atoms with Gasteiger partial charge in [-0.05, 0) is 51.8 Å². The molecule has 0 unspecified atom stereocenters. The third kappa shape index (κ3) is 3.60. The zero-order valence-electron chi connectivity index (χ0n) is 16.3. The molecule has 142 valence electrons. The van der Waals surface area contributed by atoms with Crippen molar-refractivity contribution in [2.75, 3.05) is 0 Å². The van der Waals surface area contributed by atoms with Crippen LogP contribution in [-0.2, 0) is 4.79 Å². The molecule has 1 aliphatic carbocycles. The topological polar surface area (TPSA) is 17.1 Å². The predicted octanol–water partition coefficient (Wildman–Crippen LogP) is 6.69. The Labute approximate surface area is 163 Å². The van der Waals surface area contributed by atoms with Crippen LogP contribution in [0, 0.1) is 28.4 Å². The van der Waals surface area contributed by atoms with Gasteiger partial charge in [0.15, 0.2) is 5.12 Å². The Kier molecular flexibility index (Phi) is 5.06. The Bertz CT molecular complexity index is 831. The third-order valence-electron chi connectivity index (χ3n) is 6.05. The molecule has 4 heteroatoms. The molecule has 0 saturated heterocycles. The summed E-state index contributed by atoms with van der Waals surface area (Å²) in [5.41, 5.74) is 2.57. The van der Waals surface area contributed by atoms with Crippen LogP contribution in [0.3, 0.4) is 0 Å².